The van der Waals surface area contributed by atoms with Crippen molar-refractivity contribution in [2.45, 2.75) is 96.2 Å². The maximum Gasteiger partial charge on any atom is 0.408 e. The number of carbonyl (C=O) groups excluding carboxylic acids is 2. The van der Waals surface area contributed by atoms with Crippen molar-refractivity contribution in [3.8, 4) is 61.5 Å². The smallest absolute Gasteiger partial charge is 0.408 e. The van der Waals surface area contributed by atoms with Gasteiger partial charge >= 0.3 is 6.09 Å². The number of hydrogen-bond donors (Lipinski definition) is 3. The van der Waals surface area contributed by atoms with Gasteiger partial charge in [0.15, 0.2) is 0 Å². The Kier molecular flexibility index (Phi) is 33.9. The van der Waals surface area contributed by atoms with Crippen molar-refractivity contribution in [1.29, 1.82) is 10.5 Å². The average Bonchev–Trinajstić information content (AvgIpc) is 2.84. The van der Waals surface area contributed by atoms with Crippen LogP contribution in [0.3, 0.4) is 0 Å². The molecule has 0 heterocycles. The molecule has 0 saturated carbocycles. The van der Waals surface area contributed by atoms with Crippen molar-refractivity contribution < 1.29 is 19.4 Å². The molecule has 0 bridgehead atoms. The summed E-state index contributed by atoms with van der Waals surface area (Å²) >= 11 is 0. The van der Waals surface area contributed by atoms with Crippen LogP contribution in [0.5, 0.6) is 0 Å². The summed E-state index contributed by atoms with van der Waals surface area (Å²) in [6, 6.07) is 2.86. The molecule has 2 unspecified atom stereocenters. The van der Waals surface area contributed by atoms with E-state index in [1.54, 1.807) is 20.8 Å². The minimum absolute atomic E-state index is 0.212. The van der Waals surface area contributed by atoms with Gasteiger partial charge in [0.25, 0.3) is 0 Å². The maximum atomic E-state index is 11.3. The highest BCUT2D eigenvalue weighted by Gasteiger charge is 2.18. The predicted molar refractivity (Wildman–Crippen MR) is 142 cm³/mol. The molecular formula is C28H40N4O4. The number of nitrogens with zero attached hydrogens (tertiary/aromatic N) is 2. The molecule has 36 heavy (non-hydrogen) atoms. The van der Waals surface area contributed by atoms with Crippen molar-refractivity contribution in [2.75, 3.05) is 6.61 Å². The normalized spacial score (nSPS) is 10.2. The molecule has 4 N–H and O–H groups in total. The van der Waals surface area contributed by atoms with Crippen LogP contribution in [0.2, 0.25) is 0 Å². The summed E-state index contributed by atoms with van der Waals surface area (Å²) in [6.07, 6.45) is 25.7. The fraction of sp³-hybridized carbons (Fsp3) is 0.571. The van der Waals surface area contributed by atoms with Crippen LogP contribution in [0.15, 0.2) is 0 Å². The summed E-state index contributed by atoms with van der Waals surface area (Å²) in [4.78, 5) is 20.9. The number of hydrogen-bond acceptors (Lipinski definition) is 7. The van der Waals surface area contributed by atoms with Crippen LogP contribution in [0.1, 0.15) is 78.6 Å². The highest BCUT2D eigenvalue weighted by atomic mass is 16.6. The van der Waals surface area contributed by atoms with Crippen LogP contribution in [-0.2, 0) is 9.53 Å². The predicted octanol–water partition coefficient (Wildman–Crippen LogP) is 3.45. The van der Waals surface area contributed by atoms with Gasteiger partial charge in [-0.05, 0) is 46.5 Å². The lowest BCUT2D eigenvalue weighted by atomic mass is 10.2. The van der Waals surface area contributed by atoms with E-state index in [1.807, 2.05) is 12.1 Å². The summed E-state index contributed by atoms with van der Waals surface area (Å²) in [5.41, 5.74) is 4.64. The third-order valence-corrected chi connectivity index (χ3v) is 3.31. The SMILES string of the molecule is C#CCCC(C#N)NC(=O)OC(C)(C)C.C#CCCC(N)C#N.C#CCCCC=O.C#CCCCO. The van der Waals surface area contributed by atoms with E-state index in [1.165, 1.54) is 0 Å². The lowest BCUT2D eigenvalue weighted by molar-refractivity contribution is -0.107. The van der Waals surface area contributed by atoms with Crippen LogP contribution >= 0.6 is 0 Å². The van der Waals surface area contributed by atoms with Crippen LogP contribution in [0.4, 0.5) is 4.79 Å². The van der Waals surface area contributed by atoms with E-state index in [0.717, 1.165) is 25.5 Å². The lowest BCUT2D eigenvalue weighted by Crippen LogP contribution is -2.38. The fourth-order valence-electron chi connectivity index (χ4n) is 1.62. The van der Waals surface area contributed by atoms with Gasteiger partial charge in [-0.1, -0.05) is 0 Å². The second-order valence-electron chi connectivity index (χ2n) is 7.84. The molecule has 0 aliphatic rings. The van der Waals surface area contributed by atoms with E-state index in [0.29, 0.717) is 38.5 Å². The Labute approximate surface area is 218 Å². The molecule has 8 nitrogen and oxygen atoms in total. The van der Waals surface area contributed by atoms with Gasteiger partial charge in [-0.15, -0.1) is 49.4 Å². The number of unbranched alkanes of at least 4 members (excludes halogenated alkanes) is 3. The molecule has 8 heteroatoms. The van der Waals surface area contributed by atoms with Crippen LogP contribution in [0, 0.1) is 72.0 Å². The number of aliphatic hydroxyl groups is 1. The van der Waals surface area contributed by atoms with Gasteiger partial charge in [0, 0.05) is 38.7 Å². The number of alkyl carbamates (subject to hydrolysis) is 1. The number of aldehydes is 1. The Morgan fingerprint density at radius 2 is 1.47 bits per heavy atom. The van der Waals surface area contributed by atoms with Crippen LogP contribution in [0.25, 0.3) is 0 Å². The Balaban J connectivity index is -0.000000206. The van der Waals surface area contributed by atoms with Crippen LogP contribution in [-0.4, -0.2) is 41.8 Å². The summed E-state index contributed by atoms with van der Waals surface area (Å²) in [5, 5.41) is 27.4. The number of ether oxygens (including phenoxy) is 1. The monoisotopic (exact) mass is 496 g/mol. The van der Waals surface area contributed by atoms with Crippen molar-refractivity contribution in [3.63, 3.8) is 0 Å². The minimum atomic E-state index is -0.592. The van der Waals surface area contributed by atoms with Gasteiger partial charge in [0.1, 0.15) is 17.9 Å². The van der Waals surface area contributed by atoms with E-state index >= 15 is 0 Å². The zero-order valence-electron chi connectivity index (χ0n) is 21.8. The number of carbonyl (C=O) groups is 2. The molecule has 0 fully saturated rings. The second-order valence-corrected chi connectivity index (χ2v) is 7.84. The summed E-state index contributed by atoms with van der Waals surface area (Å²) in [5.74, 6) is 9.66. The van der Waals surface area contributed by atoms with E-state index < -0.39 is 17.7 Å². The molecule has 0 aromatic carbocycles. The van der Waals surface area contributed by atoms with E-state index in [4.69, 9.17) is 51.8 Å². The van der Waals surface area contributed by atoms with Crippen LogP contribution < -0.4 is 11.1 Å². The second kappa shape index (κ2) is 31.1. The Morgan fingerprint density at radius 1 is 0.972 bits per heavy atom. The van der Waals surface area contributed by atoms with E-state index in [9.17, 15) is 9.59 Å². The third kappa shape index (κ3) is 43.9. The average molecular weight is 497 g/mol. The van der Waals surface area contributed by atoms with E-state index in [-0.39, 0.29) is 12.6 Å². The molecule has 0 radical (unpaired) electrons. The topological polar surface area (TPSA) is 149 Å². The summed E-state index contributed by atoms with van der Waals surface area (Å²) in [6.45, 7) is 5.49. The first-order valence-electron chi connectivity index (χ1n) is 11.4. The van der Waals surface area contributed by atoms with Gasteiger partial charge in [-0.2, -0.15) is 10.5 Å². The fourth-order valence-corrected chi connectivity index (χ4v) is 1.62. The van der Waals surface area contributed by atoms with Crippen molar-refractivity contribution in [2.24, 2.45) is 5.73 Å². The zero-order valence-corrected chi connectivity index (χ0v) is 21.8. The number of nitriles is 2. The van der Waals surface area contributed by atoms with Crippen molar-refractivity contribution in [1.82, 2.24) is 5.32 Å². The third-order valence-electron chi connectivity index (χ3n) is 3.31. The molecular weight excluding hydrogens is 456 g/mol. The largest absolute Gasteiger partial charge is 0.444 e. The molecule has 0 rings (SSSR count). The van der Waals surface area contributed by atoms with Crippen molar-refractivity contribution in [3.05, 3.63) is 0 Å². The molecule has 2 atom stereocenters. The van der Waals surface area contributed by atoms with Gasteiger partial charge in [-0.3, -0.25) is 0 Å². The molecule has 0 aromatic heterocycles. The lowest BCUT2D eigenvalue weighted by Gasteiger charge is -2.20. The first-order valence-corrected chi connectivity index (χ1v) is 11.4. The van der Waals surface area contributed by atoms with Gasteiger partial charge in [-0.25, -0.2) is 4.79 Å². The summed E-state index contributed by atoms with van der Waals surface area (Å²) < 4.78 is 5.00. The zero-order chi connectivity index (χ0) is 28.7. The molecule has 1 amide bonds. The van der Waals surface area contributed by atoms with Gasteiger partial charge in [0.05, 0.1) is 18.2 Å². The number of aliphatic hydroxyl groups excluding tert-OH is 1. The Morgan fingerprint density at radius 3 is 1.83 bits per heavy atom. The Bertz CT molecular complexity index is 806. The standard InChI is InChI=1S/C11H16N2O2.C6H8N2.C6H8O.C5H8O/c1-5-6-7-9(8-12)13-10(14)15-11(2,3)4;1-2-3-4-6(8)5-7;1-2-3-4-5-6-7;1-2-3-4-5-6/h1,9H,6-7H2,2-4H3,(H,13,14);1,6H,3-4,8H2;1,6H,3-5H2;1,6H,3-5H2. The highest BCUT2D eigenvalue weighted by molar-refractivity contribution is 5.68. The number of terminal acetylenes is 4. The number of nitrogens with one attached hydrogen (secondary N) is 1. The van der Waals surface area contributed by atoms with E-state index in [2.05, 4.69) is 29.0 Å². The van der Waals surface area contributed by atoms with Gasteiger partial charge < -0.3 is 25.7 Å². The summed E-state index contributed by atoms with van der Waals surface area (Å²) in [7, 11) is 0. The quantitative estimate of drug-likeness (QED) is 0.238. The highest BCUT2D eigenvalue weighted by Crippen LogP contribution is 2.07. The van der Waals surface area contributed by atoms with Crippen molar-refractivity contribution >= 4 is 12.4 Å². The molecule has 0 saturated heterocycles. The molecule has 0 spiro atoms. The Hall–Kier alpha value is -3.92. The molecule has 0 aliphatic carbocycles. The minimum Gasteiger partial charge on any atom is -0.444 e. The first-order chi connectivity index (χ1) is 17.0. The molecule has 196 valence electrons. The maximum absolute atomic E-state index is 11.3. The first kappa shape index (κ1) is 39.3. The molecule has 0 aromatic rings. The number of amides is 1. The van der Waals surface area contributed by atoms with Gasteiger partial charge in [0.2, 0.25) is 0 Å². The number of nitrogens with two attached hydrogens (primary N) is 1. The number of rotatable bonds is 10. The molecule has 0 aliphatic heterocycles.